The number of para-hydroxylation sites is 1. The number of hydrogen-bond acceptors (Lipinski definition) is 7. The van der Waals surface area contributed by atoms with Gasteiger partial charge in [-0.05, 0) is 43.7 Å². The van der Waals surface area contributed by atoms with Crippen molar-refractivity contribution in [3.05, 3.63) is 48.0 Å². The fraction of sp³-hybridized carbons (Fsp3) is 0.440. The van der Waals surface area contributed by atoms with Crippen LogP contribution in [0.15, 0.2) is 42.5 Å². The Labute approximate surface area is 200 Å². The summed E-state index contributed by atoms with van der Waals surface area (Å²) in [5, 5.41) is 2.95. The van der Waals surface area contributed by atoms with Gasteiger partial charge in [-0.25, -0.2) is 0 Å². The van der Waals surface area contributed by atoms with Crippen molar-refractivity contribution in [1.29, 1.82) is 0 Å². The van der Waals surface area contributed by atoms with E-state index >= 15 is 0 Å². The molecule has 0 spiro atoms. The minimum absolute atomic E-state index is 0.227. The van der Waals surface area contributed by atoms with Gasteiger partial charge in [0.1, 0.15) is 0 Å². The number of rotatable bonds is 12. The van der Waals surface area contributed by atoms with Crippen LogP contribution >= 0.6 is 0 Å². The summed E-state index contributed by atoms with van der Waals surface area (Å²) in [6.45, 7) is 5.43. The number of amides is 2. The first-order valence-electron chi connectivity index (χ1n) is 11.5. The summed E-state index contributed by atoms with van der Waals surface area (Å²) in [6.07, 6.45) is 1.90. The zero-order chi connectivity index (χ0) is 24.3. The Kier molecular flexibility index (Phi) is 9.40. The molecule has 184 valence electrons. The summed E-state index contributed by atoms with van der Waals surface area (Å²) >= 11 is 0. The van der Waals surface area contributed by atoms with E-state index in [1.54, 1.807) is 12.1 Å². The van der Waals surface area contributed by atoms with Crippen LogP contribution in [0.25, 0.3) is 0 Å². The van der Waals surface area contributed by atoms with Gasteiger partial charge in [0.15, 0.2) is 18.1 Å². The highest BCUT2D eigenvalue weighted by molar-refractivity contribution is 5.95. The Morgan fingerprint density at radius 2 is 1.62 bits per heavy atom. The van der Waals surface area contributed by atoms with Crippen molar-refractivity contribution in [1.82, 2.24) is 10.2 Å². The molecule has 2 amide bonds. The quantitative estimate of drug-likeness (QED) is 0.456. The molecule has 1 fully saturated rings. The van der Waals surface area contributed by atoms with Gasteiger partial charge in [-0.2, -0.15) is 0 Å². The molecular formula is C25H34N4O5. The fourth-order valence-corrected chi connectivity index (χ4v) is 3.93. The number of nitrogens with one attached hydrogen (secondary N) is 1. The van der Waals surface area contributed by atoms with Gasteiger partial charge < -0.3 is 30.2 Å². The second-order valence-corrected chi connectivity index (χ2v) is 8.09. The fourth-order valence-electron chi connectivity index (χ4n) is 3.93. The zero-order valence-electron chi connectivity index (χ0n) is 19.9. The average molecular weight is 471 g/mol. The predicted molar refractivity (Wildman–Crippen MR) is 131 cm³/mol. The van der Waals surface area contributed by atoms with Gasteiger partial charge in [-0.1, -0.05) is 18.2 Å². The number of hydrogen-bond donors (Lipinski definition) is 2. The summed E-state index contributed by atoms with van der Waals surface area (Å²) in [6, 6.07) is 13.6. The number of nitrogens with two attached hydrogens (primary N) is 1. The number of piperazine rings is 1. The minimum atomic E-state index is -0.621. The van der Waals surface area contributed by atoms with Crippen molar-refractivity contribution in [2.45, 2.75) is 12.8 Å². The molecule has 2 aromatic rings. The van der Waals surface area contributed by atoms with Gasteiger partial charge in [0.25, 0.3) is 11.8 Å². The number of anilines is 1. The Balaban J connectivity index is 1.41. The van der Waals surface area contributed by atoms with E-state index in [-0.39, 0.29) is 18.3 Å². The number of unbranched alkanes of at least 4 members (excludes halogenated alkanes) is 1. The highest BCUT2D eigenvalue weighted by atomic mass is 16.5. The largest absolute Gasteiger partial charge is 0.493 e. The van der Waals surface area contributed by atoms with Crippen LogP contribution in [-0.2, 0) is 4.79 Å². The summed E-state index contributed by atoms with van der Waals surface area (Å²) < 4.78 is 16.0. The van der Waals surface area contributed by atoms with E-state index in [2.05, 4.69) is 39.4 Å². The van der Waals surface area contributed by atoms with Crippen LogP contribution in [0.3, 0.4) is 0 Å². The summed E-state index contributed by atoms with van der Waals surface area (Å²) in [4.78, 5) is 28.6. The van der Waals surface area contributed by atoms with Crippen LogP contribution in [0.5, 0.6) is 17.2 Å². The third kappa shape index (κ3) is 7.02. The third-order valence-corrected chi connectivity index (χ3v) is 5.76. The number of benzene rings is 2. The molecule has 1 heterocycles. The van der Waals surface area contributed by atoms with Gasteiger partial charge in [-0.15, -0.1) is 0 Å². The SMILES string of the molecule is COc1cc(C(=O)NCCCCN2CCN(c3ccccc3)CC2)cc(OC)c1OCC(N)=O. The van der Waals surface area contributed by atoms with Crippen molar-refractivity contribution < 1.29 is 23.8 Å². The van der Waals surface area contributed by atoms with E-state index in [0.29, 0.717) is 23.6 Å². The van der Waals surface area contributed by atoms with Gasteiger partial charge in [0, 0.05) is 44.0 Å². The standard InChI is InChI=1S/C25H34N4O5/c1-32-21-16-19(17-22(33-2)24(21)34-18-23(26)30)25(31)27-10-6-7-11-28-12-14-29(15-13-28)20-8-4-3-5-9-20/h3-5,8-9,16-17H,6-7,10-15,18H2,1-2H3,(H2,26,30)(H,27,31). The van der Waals surface area contributed by atoms with Crippen molar-refractivity contribution in [3.8, 4) is 17.2 Å². The predicted octanol–water partition coefficient (Wildman–Crippen LogP) is 1.90. The molecule has 0 aromatic heterocycles. The maximum absolute atomic E-state index is 12.6. The third-order valence-electron chi connectivity index (χ3n) is 5.76. The lowest BCUT2D eigenvalue weighted by molar-refractivity contribution is -0.120. The minimum Gasteiger partial charge on any atom is -0.493 e. The molecule has 0 unspecified atom stereocenters. The van der Waals surface area contributed by atoms with Gasteiger partial charge >= 0.3 is 0 Å². The lowest BCUT2D eigenvalue weighted by Gasteiger charge is -2.36. The maximum Gasteiger partial charge on any atom is 0.255 e. The highest BCUT2D eigenvalue weighted by Crippen LogP contribution is 2.38. The van der Waals surface area contributed by atoms with Crippen molar-refractivity contribution in [2.75, 3.05) is 65.0 Å². The van der Waals surface area contributed by atoms with E-state index in [1.807, 2.05) is 6.07 Å². The van der Waals surface area contributed by atoms with Crippen LogP contribution in [0.2, 0.25) is 0 Å². The molecule has 3 N–H and O–H groups in total. The number of methoxy groups -OCH3 is 2. The van der Waals surface area contributed by atoms with Crippen LogP contribution < -0.4 is 30.2 Å². The Hall–Kier alpha value is -3.46. The Morgan fingerprint density at radius 3 is 2.21 bits per heavy atom. The van der Waals surface area contributed by atoms with Crippen LogP contribution in [0.1, 0.15) is 23.2 Å². The topological polar surface area (TPSA) is 106 Å². The molecule has 1 saturated heterocycles. The number of carbonyl (C=O) groups excluding carboxylic acids is 2. The molecule has 0 atom stereocenters. The van der Waals surface area contributed by atoms with Crippen LogP contribution in [-0.4, -0.2) is 76.8 Å². The van der Waals surface area contributed by atoms with E-state index in [0.717, 1.165) is 45.6 Å². The lowest BCUT2D eigenvalue weighted by Crippen LogP contribution is -2.46. The molecule has 0 saturated carbocycles. The van der Waals surface area contributed by atoms with E-state index < -0.39 is 5.91 Å². The van der Waals surface area contributed by atoms with Crippen molar-refractivity contribution >= 4 is 17.5 Å². The van der Waals surface area contributed by atoms with Crippen molar-refractivity contribution in [3.63, 3.8) is 0 Å². The van der Waals surface area contributed by atoms with Crippen molar-refractivity contribution in [2.24, 2.45) is 5.73 Å². The Bertz CT molecular complexity index is 921. The molecular weight excluding hydrogens is 436 g/mol. The van der Waals surface area contributed by atoms with Gasteiger partial charge in [-0.3, -0.25) is 14.5 Å². The average Bonchev–Trinajstić information content (AvgIpc) is 2.87. The molecule has 1 aliphatic rings. The smallest absolute Gasteiger partial charge is 0.255 e. The monoisotopic (exact) mass is 470 g/mol. The number of carbonyl (C=O) groups is 2. The molecule has 34 heavy (non-hydrogen) atoms. The summed E-state index contributed by atoms with van der Waals surface area (Å²) in [5.41, 5.74) is 6.81. The first-order chi connectivity index (χ1) is 16.5. The Morgan fingerprint density at radius 1 is 0.971 bits per heavy atom. The lowest BCUT2D eigenvalue weighted by atomic mass is 10.1. The van der Waals surface area contributed by atoms with E-state index in [9.17, 15) is 9.59 Å². The molecule has 9 heteroatoms. The molecule has 3 rings (SSSR count). The number of primary amides is 1. The molecule has 0 bridgehead atoms. The van der Waals surface area contributed by atoms with E-state index in [4.69, 9.17) is 19.9 Å². The van der Waals surface area contributed by atoms with Crippen LogP contribution in [0.4, 0.5) is 5.69 Å². The first kappa shape index (κ1) is 25.2. The second-order valence-electron chi connectivity index (χ2n) is 8.09. The highest BCUT2D eigenvalue weighted by Gasteiger charge is 2.19. The van der Waals surface area contributed by atoms with Gasteiger partial charge in [0.05, 0.1) is 14.2 Å². The zero-order valence-corrected chi connectivity index (χ0v) is 19.9. The van der Waals surface area contributed by atoms with E-state index in [1.165, 1.54) is 19.9 Å². The number of ether oxygens (including phenoxy) is 3. The molecule has 0 radical (unpaired) electrons. The summed E-state index contributed by atoms with van der Waals surface area (Å²) in [5.74, 6) is -0.0352. The number of nitrogens with zero attached hydrogens (tertiary/aromatic N) is 2. The first-order valence-corrected chi connectivity index (χ1v) is 11.5. The van der Waals surface area contributed by atoms with Crippen LogP contribution in [0, 0.1) is 0 Å². The molecule has 2 aromatic carbocycles. The maximum atomic E-state index is 12.6. The normalized spacial score (nSPS) is 13.9. The summed E-state index contributed by atoms with van der Waals surface area (Å²) in [7, 11) is 2.90. The second kappa shape index (κ2) is 12.7. The van der Waals surface area contributed by atoms with Gasteiger partial charge in [0.2, 0.25) is 5.75 Å². The molecule has 1 aliphatic heterocycles. The molecule has 0 aliphatic carbocycles. The molecule has 9 nitrogen and oxygen atoms in total.